The highest BCUT2D eigenvalue weighted by molar-refractivity contribution is 5.90. The highest BCUT2D eigenvalue weighted by Gasteiger charge is 2.39. The third kappa shape index (κ3) is 9.14. The number of methoxy groups -OCH3 is 2. The van der Waals surface area contributed by atoms with E-state index in [1.807, 2.05) is 48.5 Å². The Labute approximate surface area is 283 Å². The first kappa shape index (κ1) is 35.3. The molecule has 1 fully saturated rings. The number of carbonyl (C=O) groups excluding carboxylic acids is 2. The third-order valence-corrected chi connectivity index (χ3v) is 9.28. The maximum Gasteiger partial charge on any atom is 0.224 e. The fraction of sp³-hybridized carbons (Fsp3) is 0.474. The molecular weight excluding hydrogens is 610 g/mol. The van der Waals surface area contributed by atoms with Crippen LogP contribution in [-0.2, 0) is 38.6 Å². The van der Waals surface area contributed by atoms with E-state index in [2.05, 4.69) is 34.6 Å². The maximum atomic E-state index is 12.5. The van der Waals surface area contributed by atoms with Gasteiger partial charge in [0.15, 0.2) is 17.8 Å². The van der Waals surface area contributed by atoms with E-state index in [1.54, 1.807) is 14.2 Å². The summed E-state index contributed by atoms with van der Waals surface area (Å²) < 4.78 is 24.5. The minimum atomic E-state index is -0.594. The number of aliphatic hydroxyl groups is 1. The predicted octanol–water partition coefficient (Wildman–Crippen LogP) is 5.68. The third-order valence-electron chi connectivity index (χ3n) is 9.28. The molecule has 0 aromatic heterocycles. The molecule has 0 aliphatic carbocycles. The van der Waals surface area contributed by atoms with Crippen LogP contribution in [0.15, 0.2) is 60.7 Å². The summed E-state index contributed by atoms with van der Waals surface area (Å²) in [5.41, 5.74) is 6.00. The van der Waals surface area contributed by atoms with Gasteiger partial charge in [-0.1, -0.05) is 49.7 Å². The number of hydrogen-bond acceptors (Lipinski definition) is 8. The molecule has 4 unspecified atom stereocenters. The van der Waals surface area contributed by atoms with Crippen molar-refractivity contribution in [2.75, 3.05) is 39.2 Å². The number of hydrogen-bond donors (Lipinski definition) is 3. The molecule has 3 aromatic carbocycles. The van der Waals surface area contributed by atoms with E-state index in [0.29, 0.717) is 13.0 Å². The van der Waals surface area contributed by atoms with Gasteiger partial charge in [0.2, 0.25) is 11.8 Å². The fourth-order valence-corrected chi connectivity index (χ4v) is 6.48. The van der Waals surface area contributed by atoms with Crippen LogP contribution in [0, 0.1) is 5.92 Å². The summed E-state index contributed by atoms with van der Waals surface area (Å²) in [6.45, 7) is 6.73. The summed E-state index contributed by atoms with van der Waals surface area (Å²) in [4.78, 5) is 26.0. The van der Waals surface area contributed by atoms with E-state index in [4.69, 9.17) is 18.9 Å². The minimum Gasteiger partial charge on any atom is -0.493 e. The van der Waals surface area contributed by atoms with Crippen LogP contribution in [0.5, 0.6) is 11.5 Å². The normalized spacial score (nSPS) is 20.9. The highest BCUT2D eigenvalue weighted by Crippen LogP contribution is 2.42. The highest BCUT2D eigenvalue weighted by atomic mass is 16.7. The van der Waals surface area contributed by atoms with Crippen LogP contribution in [0.25, 0.3) is 0 Å². The minimum absolute atomic E-state index is 0.00962. The molecule has 3 N–H and O–H groups in total. The Morgan fingerprint density at radius 1 is 0.917 bits per heavy atom. The summed E-state index contributed by atoms with van der Waals surface area (Å²) in [6, 6.07) is 19.8. The van der Waals surface area contributed by atoms with Crippen LogP contribution in [0.3, 0.4) is 0 Å². The van der Waals surface area contributed by atoms with Gasteiger partial charge in [0, 0.05) is 56.7 Å². The van der Waals surface area contributed by atoms with Gasteiger partial charge in [-0.15, -0.1) is 0 Å². The quantitative estimate of drug-likeness (QED) is 0.189. The average molecular weight is 660 g/mol. The number of rotatable bonds is 14. The number of carbonyl (C=O) groups is 2. The summed E-state index contributed by atoms with van der Waals surface area (Å²) in [6.07, 6.45) is 2.90. The second-order valence-electron chi connectivity index (χ2n) is 12.7. The van der Waals surface area contributed by atoms with Crippen LogP contribution in [-0.4, -0.2) is 61.8 Å². The van der Waals surface area contributed by atoms with Crippen molar-refractivity contribution in [3.8, 4) is 11.5 Å². The molecule has 5 rings (SSSR count). The van der Waals surface area contributed by atoms with E-state index in [1.165, 1.54) is 18.1 Å². The van der Waals surface area contributed by atoms with E-state index >= 15 is 0 Å². The molecule has 4 atom stereocenters. The summed E-state index contributed by atoms with van der Waals surface area (Å²) >= 11 is 0. The Morgan fingerprint density at radius 2 is 1.60 bits per heavy atom. The Kier molecular flexibility index (Phi) is 12.5. The number of aliphatic hydroxyl groups excluding tert-OH is 1. The van der Waals surface area contributed by atoms with E-state index in [0.717, 1.165) is 79.2 Å². The number of unbranched alkanes of at least 4 members (excludes halogenated alkanes) is 2. The second-order valence-corrected chi connectivity index (χ2v) is 12.7. The topological polar surface area (TPSA) is 119 Å². The van der Waals surface area contributed by atoms with E-state index in [-0.39, 0.29) is 36.5 Å². The summed E-state index contributed by atoms with van der Waals surface area (Å²) in [5.74, 6) is 1.48. The zero-order valence-electron chi connectivity index (χ0n) is 28.5. The summed E-state index contributed by atoms with van der Waals surface area (Å²) in [7, 11) is 3.33. The molecule has 10 heteroatoms. The van der Waals surface area contributed by atoms with Crippen molar-refractivity contribution in [2.24, 2.45) is 5.92 Å². The molecule has 0 bridgehead atoms. The lowest BCUT2D eigenvalue weighted by molar-refractivity contribution is -0.276. The molecule has 0 radical (unpaired) electrons. The van der Waals surface area contributed by atoms with Gasteiger partial charge >= 0.3 is 0 Å². The van der Waals surface area contributed by atoms with Crippen molar-refractivity contribution < 1.29 is 33.6 Å². The number of nitrogens with one attached hydrogen (secondary N) is 2. The van der Waals surface area contributed by atoms with Gasteiger partial charge in [0.05, 0.1) is 33.0 Å². The fourth-order valence-electron chi connectivity index (χ4n) is 6.48. The van der Waals surface area contributed by atoms with E-state index < -0.39 is 6.29 Å². The Morgan fingerprint density at radius 3 is 2.27 bits per heavy atom. The molecule has 48 heavy (non-hydrogen) atoms. The number of nitrogens with zero attached hydrogens (tertiary/aromatic N) is 1. The molecule has 10 nitrogen and oxygen atoms in total. The molecule has 3 aromatic rings. The van der Waals surface area contributed by atoms with Crippen LogP contribution >= 0.6 is 0 Å². The number of fused-ring (bicyclic) bond motifs is 1. The predicted molar refractivity (Wildman–Crippen MR) is 184 cm³/mol. The standard InChI is InChI=1S/C38H49N3O7/c1-25-35(23-41-19-17-30-20-33(45-3)34(46-4)21-31(30)22-41)47-38(48-37(25)28-11-9-27(24-42)10-12-28)29-13-15-32(16-14-29)40-36(44)8-6-5-7-18-39-26(2)43/h9-16,20-21,25,35,37-38,42H,5-8,17-19,22-24H2,1-4H3,(H,39,43)(H,40,44). The molecule has 2 aliphatic heterocycles. The van der Waals surface area contributed by atoms with Crippen molar-refractivity contribution in [3.05, 3.63) is 88.5 Å². The van der Waals surface area contributed by atoms with Crippen molar-refractivity contribution in [1.82, 2.24) is 10.2 Å². The molecular formula is C38H49N3O7. The maximum absolute atomic E-state index is 12.5. The van der Waals surface area contributed by atoms with Crippen LogP contribution in [0.4, 0.5) is 5.69 Å². The molecule has 258 valence electrons. The molecule has 2 aliphatic rings. The van der Waals surface area contributed by atoms with Gasteiger partial charge in [0.1, 0.15) is 0 Å². The lowest BCUT2D eigenvalue weighted by atomic mass is 9.89. The Balaban J connectivity index is 1.26. The smallest absolute Gasteiger partial charge is 0.224 e. The SMILES string of the molecule is COc1cc2c(cc1OC)CN(CC1OC(c3ccc(NC(=O)CCCCCNC(C)=O)cc3)OC(c3ccc(CO)cc3)C1C)CC2. The Hall–Kier alpha value is -3.96. The first-order chi connectivity index (χ1) is 23.3. The zero-order valence-corrected chi connectivity index (χ0v) is 28.5. The average Bonchev–Trinajstić information content (AvgIpc) is 3.10. The number of ether oxygens (including phenoxy) is 4. The molecule has 0 spiro atoms. The van der Waals surface area contributed by atoms with Gasteiger partial charge in [-0.05, 0) is 65.8 Å². The number of amides is 2. The van der Waals surface area contributed by atoms with Gasteiger partial charge in [-0.3, -0.25) is 14.5 Å². The first-order valence-electron chi connectivity index (χ1n) is 16.9. The van der Waals surface area contributed by atoms with Crippen molar-refractivity contribution >= 4 is 17.5 Å². The molecule has 1 saturated heterocycles. The molecule has 2 heterocycles. The lowest BCUT2D eigenvalue weighted by Gasteiger charge is -2.43. The van der Waals surface area contributed by atoms with Gasteiger partial charge in [-0.2, -0.15) is 0 Å². The van der Waals surface area contributed by atoms with Crippen LogP contribution < -0.4 is 20.1 Å². The molecule has 0 saturated carbocycles. The number of anilines is 1. The van der Waals surface area contributed by atoms with Crippen molar-refractivity contribution in [2.45, 2.75) is 77.6 Å². The van der Waals surface area contributed by atoms with Gasteiger partial charge in [-0.25, -0.2) is 0 Å². The molecule has 2 amide bonds. The van der Waals surface area contributed by atoms with Crippen molar-refractivity contribution in [1.29, 1.82) is 0 Å². The van der Waals surface area contributed by atoms with Gasteiger partial charge in [0.25, 0.3) is 0 Å². The number of benzene rings is 3. The first-order valence-corrected chi connectivity index (χ1v) is 16.9. The van der Waals surface area contributed by atoms with E-state index in [9.17, 15) is 14.7 Å². The second kappa shape index (κ2) is 16.9. The monoisotopic (exact) mass is 659 g/mol. The largest absolute Gasteiger partial charge is 0.493 e. The van der Waals surface area contributed by atoms with Crippen molar-refractivity contribution in [3.63, 3.8) is 0 Å². The summed E-state index contributed by atoms with van der Waals surface area (Å²) in [5, 5.41) is 15.4. The van der Waals surface area contributed by atoms with Crippen LogP contribution in [0.2, 0.25) is 0 Å². The van der Waals surface area contributed by atoms with Gasteiger partial charge < -0.3 is 34.7 Å². The lowest BCUT2D eigenvalue weighted by Crippen LogP contribution is -2.45. The van der Waals surface area contributed by atoms with Crippen LogP contribution in [0.1, 0.15) is 79.7 Å². The Bertz CT molecular complexity index is 1510. The zero-order chi connectivity index (χ0) is 34.0.